The molecule has 0 spiro atoms. The summed E-state index contributed by atoms with van der Waals surface area (Å²) in [5.41, 5.74) is 7.17. The van der Waals surface area contributed by atoms with Crippen molar-refractivity contribution in [2.45, 2.75) is 93.8 Å². The van der Waals surface area contributed by atoms with E-state index in [2.05, 4.69) is 0 Å². The van der Waals surface area contributed by atoms with Gasteiger partial charge >= 0.3 is 12.4 Å². The molecule has 0 bridgehead atoms. The lowest BCUT2D eigenvalue weighted by molar-refractivity contribution is -0.288. The van der Waals surface area contributed by atoms with Crippen LogP contribution in [0.5, 0.6) is 23.0 Å². The molecule has 4 nitrogen and oxygen atoms in total. The van der Waals surface area contributed by atoms with Crippen LogP contribution in [0.3, 0.4) is 0 Å². The minimum atomic E-state index is -5.74. The van der Waals surface area contributed by atoms with Crippen molar-refractivity contribution in [2.24, 2.45) is 0 Å². The standard InChI is InChI=1S/C39H40F6N2O2/c40-38(41,42)37(39(43,44)45,27-11-21-35(48-31-17-13-29(46)14-18-31)33(23-27)25-7-3-1-4-8-25)28-12-22-36(49-32-19-15-30(47)16-20-32)34(24-28)26-9-5-2-6-10-26/h11-26H,1-10,46-47H2. The first-order valence-electron chi connectivity index (χ1n) is 16.9. The number of rotatable bonds is 8. The maximum Gasteiger partial charge on any atom is 0.411 e. The molecule has 10 heteroatoms. The first-order valence-corrected chi connectivity index (χ1v) is 16.9. The van der Waals surface area contributed by atoms with Gasteiger partial charge in [0.25, 0.3) is 0 Å². The fourth-order valence-electron chi connectivity index (χ4n) is 7.52. The Morgan fingerprint density at radius 3 is 1.14 bits per heavy atom. The highest BCUT2D eigenvalue weighted by Gasteiger charge is 2.72. The number of ether oxygens (including phenoxy) is 2. The van der Waals surface area contributed by atoms with Crippen LogP contribution >= 0.6 is 0 Å². The highest BCUT2D eigenvalue weighted by molar-refractivity contribution is 5.54. The van der Waals surface area contributed by atoms with Crippen molar-refractivity contribution >= 4 is 11.4 Å². The molecule has 2 fully saturated rings. The second-order valence-electron chi connectivity index (χ2n) is 13.3. The van der Waals surface area contributed by atoms with Crippen LogP contribution in [0.25, 0.3) is 0 Å². The monoisotopic (exact) mass is 682 g/mol. The lowest BCUT2D eigenvalue weighted by Gasteiger charge is -2.39. The van der Waals surface area contributed by atoms with Gasteiger partial charge in [-0.25, -0.2) is 0 Å². The second-order valence-corrected chi connectivity index (χ2v) is 13.3. The van der Waals surface area contributed by atoms with Crippen LogP contribution < -0.4 is 20.9 Å². The lowest BCUT2D eigenvalue weighted by atomic mass is 9.70. The Morgan fingerprint density at radius 1 is 0.469 bits per heavy atom. The quantitative estimate of drug-likeness (QED) is 0.143. The number of halogens is 6. The smallest absolute Gasteiger partial charge is 0.411 e. The van der Waals surface area contributed by atoms with Gasteiger partial charge in [-0.15, -0.1) is 0 Å². The first kappa shape index (κ1) is 34.5. The van der Waals surface area contributed by atoms with Crippen LogP contribution in [-0.2, 0) is 5.41 Å². The van der Waals surface area contributed by atoms with Crippen molar-refractivity contribution < 1.29 is 35.8 Å². The van der Waals surface area contributed by atoms with Crippen LogP contribution in [-0.4, -0.2) is 12.4 Å². The zero-order valence-corrected chi connectivity index (χ0v) is 27.0. The van der Waals surface area contributed by atoms with Gasteiger partial charge in [0.2, 0.25) is 5.41 Å². The molecule has 4 aromatic rings. The third-order valence-corrected chi connectivity index (χ3v) is 10.0. The minimum Gasteiger partial charge on any atom is -0.457 e. The van der Waals surface area contributed by atoms with Crippen molar-refractivity contribution in [2.75, 3.05) is 11.5 Å². The molecule has 2 aliphatic rings. The fourth-order valence-corrected chi connectivity index (χ4v) is 7.52. The molecule has 2 aliphatic carbocycles. The Bertz CT molecular complexity index is 1590. The topological polar surface area (TPSA) is 70.5 Å². The van der Waals surface area contributed by atoms with Gasteiger partial charge in [-0.3, -0.25) is 0 Å². The molecular weight excluding hydrogens is 642 g/mol. The van der Waals surface area contributed by atoms with E-state index in [1.165, 1.54) is 12.1 Å². The molecule has 0 aliphatic heterocycles. The van der Waals surface area contributed by atoms with Gasteiger partial charge in [0.15, 0.2) is 0 Å². The molecule has 4 N–H and O–H groups in total. The van der Waals surface area contributed by atoms with Gasteiger partial charge in [-0.1, -0.05) is 62.8 Å². The summed E-state index contributed by atoms with van der Waals surface area (Å²) < 4.78 is 106. The summed E-state index contributed by atoms with van der Waals surface area (Å²) in [5.74, 6) is 0.703. The van der Waals surface area contributed by atoms with E-state index in [0.29, 0.717) is 59.7 Å². The number of nitrogens with two attached hydrogens (primary N) is 2. The Kier molecular flexibility index (Phi) is 9.78. The van der Waals surface area contributed by atoms with Crippen LogP contribution in [0.15, 0.2) is 84.9 Å². The molecule has 49 heavy (non-hydrogen) atoms. The highest BCUT2D eigenvalue weighted by Crippen LogP contribution is 2.58. The number of hydrogen-bond donors (Lipinski definition) is 2. The molecule has 0 amide bonds. The predicted octanol–water partition coefficient (Wildman–Crippen LogP) is 11.9. The summed E-state index contributed by atoms with van der Waals surface area (Å²) >= 11 is 0. The molecule has 0 saturated heterocycles. The molecule has 0 radical (unpaired) electrons. The van der Waals surface area contributed by atoms with Crippen molar-refractivity contribution in [3.05, 3.63) is 107 Å². The summed E-state index contributed by atoms with van der Waals surface area (Å²) in [5, 5.41) is 0. The van der Waals surface area contributed by atoms with E-state index in [-0.39, 0.29) is 23.3 Å². The van der Waals surface area contributed by atoms with Gasteiger partial charge in [-0.05, 0) is 120 Å². The summed E-state index contributed by atoms with van der Waals surface area (Å²) in [7, 11) is 0. The third-order valence-electron chi connectivity index (χ3n) is 10.0. The fraction of sp³-hybridized carbons (Fsp3) is 0.385. The highest BCUT2D eigenvalue weighted by atomic mass is 19.4. The van der Waals surface area contributed by atoms with Gasteiger partial charge in [-0.2, -0.15) is 26.3 Å². The lowest BCUT2D eigenvalue weighted by Crippen LogP contribution is -2.54. The maximum atomic E-state index is 15.6. The largest absolute Gasteiger partial charge is 0.457 e. The normalized spacial score (nSPS) is 16.8. The van der Waals surface area contributed by atoms with Crippen molar-refractivity contribution in [1.82, 2.24) is 0 Å². The number of alkyl halides is 6. The van der Waals surface area contributed by atoms with Gasteiger partial charge in [0.1, 0.15) is 23.0 Å². The Labute approximate surface area is 282 Å². The van der Waals surface area contributed by atoms with Gasteiger partial charge < -0.3 is 20.9 Å². The van der Waals surface area contributed by atoms with Crippen LogP contribution in [0.2, 0.25) is 0 Å². The number of anilines is 2. The maximum absolute atomic E-state index is 15.6. The average molecular weight is 683 g/mol. The van der Waals surface area contributed by atoms with E-state index >= 15 is 26.3 Å². The summed E-state index contributed by atoms with van der Waals surface area (Å²) in [6.45, 7) is 0. The average Bonchev–Trinajstić information content (AvgIpc) is 3.08. The van der Waals surface area contributed by atoms with E-state index in [0.717, 1.165) is 62.8 Å². The first-order chi connectivity index (χ1) is 23.4. The van der Waals surface area contributed by atoms with E-state index in [4.69, 9.17) is 20.9 Å². The number of hydrogen-bond acceptors (Lipinski definition) is 4. The molecule has 4 aromatic carbocycles. The third kappa shape index (κ3) is 7.05. The number of nitrogen functional groups attached to an aromatic ring is 2. The Balaban J connectivity index is 1.53. The molecule has 0 atom stereocenters. The molecule has 260 valence electrons. The van der Waals surface area contributed by atoms with E-state index < -0.39 is 28.9 Å². The van der Waals surface area contributed by atoms with Crippen LogP contribution in [0, 0.1) is 0 Å². The zero-order chi connectivity index (χ0) is 34.8. The zero-order valence-electron chi connectivity index (χ0n) is 27.0. The predicted molar refractivity (Wildman–Crippen MR) is 179 cm³/mol. The van der Waals surface area contributed by atoms with Crippen LogP contribution in [0.4, 0.5) is 37.7 Å². The van der Waals surface area contributed by atoms with Crippen molar-refractivity contribution in [1.29, 1.82) is 0 Å². The Hall–Kier alpha value is -4.34. The summed E-state index contributed by atoms with van der Waals surface area (Å²) in [4.78, 5) is 0. The molecule has 6 rings (SSSR count). The van der Waals surface area contributed by atoms with E-state index in [1.54, 1.807) is 48.5 Å². The second kappa shape index (κ2) is 13.9. The van der Waals surface area contributed by atoms with Crippen molar-refractivity contribution in [3.8, 4) is 23.0 Å². The van der Waals surface area contributed by atoms with E-state index in [1.807, 2.05) is 0 Å². The Morgan fingerprint density at radius 2 is 0.816 bits per heavy atom. The summed E-state index contributed by atoms with van der Waals surface area (Å²) in [6.07, 6.45) is -3.76. The molecular formula is C39H40F6N2O2. The molecule has 0 aromatic heterocycles. The molecule has 0 unspecified atom stereocenters. The number of benzene rings is 4. The molecule has 2 saturated carbocycles. The van der Waals surface area contributed by atoms with Gasteiger partial charge in [0.05, 0.1) is 0 Å². The summed E-state index contributed by atoms with van der Waals surface area (Å²) in [6, 6.07) is 19.4. The van der Waals surface area contributed by atoms with Crippen molar-refractivity contribution in [3.63, 3.8) is 0 Å². The van der Waals surface area contributed by atoms with E-state index in [9.17, 15) is 0 Å². The van der Waals surface area contributed by atoms with Gasteiger partial charge in [0, 0.05) is 11.4 Å². The SMILES string of the molecule is Nc1ccc(Oc2ccc(C(c3ccc(Oc4ccc(N)cc4)c(C4CCCCC4)c3)(C(F)(F)F)C(F)(F)F)cc2C2CCCCC2)cc1. The molecule has 0 heterocycles. The minimum absolute atomic E-state index is 0.230. The van der Waals surface area contributed by atoms with Crippen LogP contribution in [0.1, 0.15) is 98.3 Å².